The highest BCUT2D eigenvalue weighted by molar-refractivity contribution is 7.99. The van der Waals surface area contributed by atoms with Gasteiger partial charge in [0.2, 0.25) is 0 Å². The summed E-state index contributed by atoms with van der Waals surface area (Å²) in [7, 11) is 1.83. The van der Waals surface area contributed by atoms with Crippen LogP contribution in [0.15, 0.2) is 0 Å². The van der Waals surface area contributed by atoms with Gasteiger partial charge < -0.3 is 10.2 Å². The molecule has 2 rings (SSSR count). The largest absolute Gasteiger partial charge is 0.337 e. The maximum absolute atomic E-state index is 12.0. The van der Waals surface area contributed by atoms with Crippen molar-refractivity contribution in [3.8, 4) is 0 Å². The molecule has 0 atom stereocenters. The topological polar surface area (TPSA) is 61.0 Å². The molecule has 1 aliphatic carbocycles. The number of aryl methyl sites for hydroxylation is 1. The number of carbonyl (C=O) groups is 1. The molecule has 1 heterocycles. The number of aromatic nitrogens is 2. The second-order valence-corrected chi connectivity index (χ2v) is 6.76. The monoisotopic (exact) mass is 310 g/mol. The van der Waals surface area contributed by atoms with E-state index in [0.29, 0.717) is 6.54 Å². The minimum atomic E-state index is -0.0142. The fraction of sp³-hybridized carbons (Fsp3) is 0.733. The lowest BCUT2D eigenvalue weighted by Crippen LogP contribution is -2.38. The van der Waals surface area contributed by atoms with E-state index in [-0.39, 0.29) is 6.03 Å². The van der Waals surface area contributed by atoms with Crippen molar-refractivity contribution in [3.63, 3.8) is 0 Å². The Morgan fingerprint density at radius 2 is 2.19 bits per heavy atom. The van der Waals surface area contributed by atoms with Crippen LogP contribution in [0, 0.1) is 0 Å². The van der Waals surface area contributed by atoms with Crippen molar-refractivity contribution in [2.24, 2.45) is 0 Å². The van der Waals surface area contributed by atoms with E-state index < -0.39 is 0 Å². The Morgan fingerprint density at radius 1 is 1.38 bits per heavy atom. The molecule has 0 bridgehead atoms. The van der Waals surface area contributed by atoms with E-state index in [9.17, 15) is 4.79 Å². The van der Waals surface area contributed by atoms with Crippen LogP contribution in [0.4, 0.5) is 4.79 Å². The maximum Gasteiger partial charge on any atom is 0.317 e. The van der Waals surface area contributed by atoms with Gasteiger partial charge in [0.15, 0.2) is 0 Å². The number of aromatic amines is 1. The molecule has 2 amide bonds. The molecule has 0 aliphatic heterocycles. The Morgan fingerprint density at radius 3 is 3.00 bits per heavy atom. The normalized spacial score (nSPS) is 13.8. The molecule has 0 saturated carbocycles. The molecule has 6 heteroatoms. The third-order valence-electron chi connectivity index (χ3n) is 3.75. The zero-order valence-electron chi connectivity index (χ0n) is 13.1. The van der Waals surface area contributed by atoms with Gasteiger partial charge in [-0.25, -0.2) is 4.79 Å². The molecule has 21 heavy (non-hydrogen) atoms. The molecule has 0 fully saturated rings. The Balaban J connectivity index is 1.77. The summed E-state index contributed by atoms with van der Waals surface area (Å²) in [6.45, 7) is 3.48. The van der Waals surface area contributed by atoms with Gasteiger partial charge in [0.05, 0.1) is 12.2 Å². The first kappa shape index (κ1) is 16.2. The highest BCUT2D eigenvalue weighted by atomic mass is 32.2. The number of nitrogens with zero attached hydrogens (tertiary/aromatic N) is 2. The number of fused-ring (bicyclic) bond motifs is 1. The van der Waals surface area contributed by atoms with Gasteiger partial charge >= 0.3 is 6.03 Å². The van der Waals surface area contributed by atoms with Crippen molar-refractivity contribution in [2.75, 3.05) is 25.1 Å². The van der Waals surface area contributed by atoms with E-state index in [1.807, 2.05) is 18.8 Å². The van der Waals surface area contributed by atoms with Gasteiger partial charge in [-0.3, -0.25) is 5.10 Å². The smallest absolute Gasteiger partial charge is 0.317 e. The van der Waals surface area contributed by atoms with Crippen LogP contribution >= 0.6 is 11.8 Å². The molecule has 1 aromatic heterocycles. The molecule has 1 aromatic rings. The van der Waals surface area contributed by atoms with Crippen LogP contribution < -0.4 is 5.32 Å². The number of hydrogen-bond acceptors (Lipinski definition) is 3. The molecule has 1 aliphatic rings. The van der Waals surface area contributed by atoms with Gasteiger partial charge in [-0.05, 0) is 43.4 Å². The summed E-state index contributed by atoms with van der Waals surface area (Å²) in [6.07, 6.45) is 5.82. The summed E-state index contributed by atoms with van der Waals surface area (Å²) in [5.74, 6) is 2.14. The second kappa shape index (κ2) is 8.32. The number of rotatable bonds is 7. The fourth-order valence-electron chi connectivity index (χ4n) is 2.59. The van der Waals surface area contributed by atoms with Crippen molar-refractivity contribution < 1.29 is 4.79 Å². The minimum Gasteiger partial charge on any atom is -0.337 e. The Hall–Kier alpha value is -1.17. The molecule has 2 N–H and O–H groups in total. The first-order valence-electron chi connectivity index (χ1n) is 7.84. The van der Waals surface area contributed by atoms with Gasteiger partial charge in [-0.2, -0.15) is 16.9 Å². The Bertz CT molecular complexity index is 461. The van der Waals surface area contributed by atoms with Crippen LogP contribution in [-0.2, 0) is 19.4 Å². The van der Waals surface area contributed by atoms with Crippen molar-refractivity contribution in [1.82, 2.24) is 20.4 Å². The molecule has 0 spiro atoms. The van der Waals surface area contributed by atoms with E-state index in [1.54, 1.807) is 4.90 Å². The molecular weight excluding hydrogens is 284 g/mol. The lowest BCUT2D eigenvalue weighted by molar-refractivity contribution is 0.207. The lowest BCUT2D eigenvalue weighted by Gasteiger charge is -2.18. The van der Waals surface area contributed by atoms with Crippen LogP contribution in [0.5, 0.6) is 0 Å². The number of nitrogens with one attached hydrogen (secondary N) is 2. The number of amides is 2. The molecule has 0 radical (unpaired) electrons. The van der Waals surface area contributed by atoms with E-state index in [0.717, 1.165) is 36.6 Å². The van der Waals surface area contributed by atoms with Gasteiger partial charge in [0.1, 0.15) is 0 Å². The summed E-state index contributed by atoms with van der Waals surface area (Å²) >= 11 is 1.88. The SMILES string of the molecule is CCCSCCNC(=O)N(C)Cc1n[nH]c2c1CCCC2. The molecular formula is C15H26N4OS. The Labute approximate surface area is 131 Å². The van der Waals surface area contributed by atoms with E-state index in [1.165, 1.54) is 30.5 Å². The van der Waals surface area contributed by atoms with Crippen molar-refractivity contribution >= 4 is 17.8 Å². The van der Waals surface area contributed by atoms with Crippen LogP contribution in [0.3, 0.4) is 0 Å². The number of urea groups is 1. The average molecular weight is 310 g/mol. The zero-order chi connectivity index (χ0) is 15.1. The van der Waals surface area contributed by atoms with E-state index in [4.69, 9.17) is 0 Å². The highest BCUT2D eigenvalue weighted by Gasteiger charge is 2.19. The molecule has 0 unspecified atom stereocenters. The van der Waals surface area contributed by atoms with Crippen molar-refractivity contribution in [2.45, 2.75) is 45.6 Å². The van der Waals surface area contributed by atoms with Gasteiger partial charge in [-0.15, -0.1) is 0 Å². The minimum absolute atomic E-state index is 0.0142. The molecule has 118 valence electrons. The summed E-state index contributed by atoms with van der Waals surface area (Å²) in [6, 6.07) is -0.0142. The van der Waals surface area contributed by atoms with E-state index in [2.05, 4.69) is 22.4 Å². The van der Waals surface area contributed by atoms with E-state index >= 15 is 0 Å². The average Bonchev–Trinajstić information content (AvgIpc) is 2.90. The highest BCUT2D eigenvalue weighted by Crippen LogP contribution is 2.22. The molecule has 0 aromatic carbocycles. The quantitative estimate of drug-likeness (QED) is 0.761. The summed E-state index contributed by atoms with van der Waals surface area (Å²) in [5.41, 5.74) is 3.63. The predicted molar refractivity (Wildman–Crippen MR) is 87.7 cm³/mol. The van der Waals surface area contributed by atoms with Gasteiger partial charge in [0.25, 0.3) is 0 Å². The summed E-state index contributed by atoms with van der Waals surface area (Å²) in [5, 5.41) is 10.5. The zero-order valence-corrected chi connectivity index (χ0v) is 13.9. The van der Waals surface area contributed by atoms with Crippen LogP contribution in [-0.4, -0.2) is 46.2 Å². The fourth-order valence-corrected chi connectivity index (χ4v) is 3.33. The van der Waals surface area contributed by atoms with Crippen molar-refractivity contribution in [3.05, 3.63) is 17.0 Å². The first-order valence-corrected chi connectivity index (χ1v) is 8.99. The third-order valence-corrected chi connectivity index (χ3v) is 4.94. The second-order valence-electron chi connectivity index (χ2n) is 5.53. The van der Waals surface area contributed by atoms with Crippen LogP contribution in [0.1, 0.15) is 43.1 Å². The third kappa shape index (κ3) is 4.66. The number of H-pyrrole nitrogens is 1. The summed E-state index contributed by atoms with van der Waals surface area (Å²) < 4.78 is 0. The number of thioether (sulfide) groups is 1. The standard InChI is InChI=1S/C15H26N4OS/c1-3-9-21-10-8-16-15(20)19(2)11-14-12-6-4-5-7-13(12)17-18-14/h3-11H2,1-2H3,(H,16,20)(H,17,18). The first-order chi connectivity index (χ1) is 10.2. The molecule has 5 nitrogen and oxygen atoms in total. The number of carbonyl (C=O) groups excluding carboxylic acids is 1. The van der Waals surface area contributed by atoms with Gasteiger partial charge in [-0.1, -0.05) is 6.92 Å². The Kier molecular flexibility index (Phi) is 6.42. The van der Waals surface area contributed by atoms with Gasteiger partial charge in [0, 0.05) is 25.0 Å². The van der Waals surface area contributed by atoms with Crippen molar-refractivity contribution in [1.29, 1.82) is 0 Å². The summed E-state index contributed by atoms with van der Waals surface area (Å²) in [4.78, 5) is 13.8. The van der Waals surface area contributed by atoms with Crippen LogP contribution in [0.25, 0.3) is 0 Å². The molecule has 0 saturated heterocycles. The maximum atomic E-state index is 12.0. The predicted octanol–water partition coefficient (Wildman–Crippen LogP) is 2.57. The van der Waals surface area contributed by atoms with Crippen LogP contribution in [0.2, 0.25) is 0 Å². The number of hydrogen-bond donors (Lipinski definition) is 2. The lowest BCUT2D eigenvalue weighted by atomic mass is 9.96.